The summed E-state index contributed by atoms with van der Waals surface area (Å²) in [6.07, 6.45) is 4.43. The normalized spacial score (nSPS) is 30.1. The third kappa shape index (κ3) is 2.69. The van der Waals surface area contributed by atoms with Crippen molar-refractivity contribution in [2.24, 2.45) is 5.92 Å². The Labute approximate surface area is 90.0 Å². The van der Waals surface area contributed by atoms with Crippen LogP contribution in [0.3, 0.4) is 0 Å². The lowest BCUT2D eigenvalue weighted by Crippen LogP contribution is -2.48. The van der Waals surface area contributed by atoms with Gasteiger partial charge in [0.2, 0.25) is 0 Å². The Morgan fingerprint density at radius 3 is 2.67 bits per heavy atom. The zero-order valence-electron chi connectivity index (χ0n) is 9.11. The second-order valence-corrected chi connectivity index (χ2v) is 4.66. The number of hydrogen-bond donors (Lipinski definition) is 2. The van der Waals surface area contributed by atoms with Gasteiger partial charge in [0, 0.05) is 12.6 Å². The quantitative estimate of drug-likeness (QED) is 0.715. The number of carboxylic acids is 1. The molecule has 0 amide bonds. The van der Waals surface area contributed by atoms with Crippen LogP contribution in [0.15, 0.2) is 0 Å². The minimum atomic E-state index is -0.720. The highest BCUT2D eigenvalue weighted by atomic mass is 16.5. The standard InChI is InChI=1S/C11H19NO3/c1-7(9-3-2-6-15-9)12-10(11(13)14)8-4-5-8/h7-10,12H,2-6H2,1H3,(H,13,14). The maximum Gasteiger partial charge on any atom is 0.320 e. The second kappa shape index (κ2) is 4.49. The van der Waals surface area contributed by atoms with Gasteiger partial charge in [0.25, 0.3) is 0 Å². The van der Waals surface area contributed by atoms with Crippen LogP contribution in [0.4, 0.5) is 0 Å². The lowest BCUT2D eigenvalue weighted by Gasteiger charge is -2.24. The van der Waals surface area contributed by atoms with E-state index in [2.05, 4.69) is 5.32 Å². The molecule has 15 heavy (non-hydrogen) atoms. The summed E-state index contributed by atoms with van der Waals surface area (Å²) in [7, 11) is 0. The number of carboxylic acid groups (broad SMARTS) is 1. The highest BCUT2D eigenvalue weighted by Gasteiger charge is 2.38. The Hall–Kier alpha value is -0.610. The molecule has 0 radical (unpaired) electrons. The van der Waals surface area contributed by atoms with Crippen LogP contribution >= 0.6 is 0 Å². The smallest absolute Gasteiger partial charge is 0.320 e. The molecule has 86 valence electrons. The van der Waals surface area contributed by atoms with E-state index in [9.17, 15) is 4.79 Å². The lowest BCUT2D eigenvalue weighted by molar-refractivity contribution is -0.140. The SMILES string of the molecule is CC(NC(C(=O)O)C1CC1)C1CCCO1. The van der Waals surface area contributed by atoms with Gasteiger partial charge in [0.15, 0.2) is 0 Å². The number of hydrogen-bond acceptors (Lipinski definition) is 3. The van der Waals surface area contributed by atoms with Crippen molar-refractivity contribution in [2.75, 3.05) is 6.61 Å². The van der Waals surface area contributed by atoms with E-state index in [1.54, 1.807) is 0 Å². The molecule has 1 aliphatic carbocycles. The molecule has 0 spiro atoms. The van der Waals surface area contributed by atoms with Crippen LogP contribution in [-0.4, -0.2) is 35.9 Å². The van der Waals surface area contributed by atoms with Gasteiger partial charge in [-0.3, -0.25) is 10.1 Å². The van der Waals surface area contributed by atoms with Gasteiger partial charge in [-0.1, -0.05) is 0 Å². The summed E-state index contributed by atoms with van der Waals surface area (Å²) in [5.41, 5.74) is 0. The van der Waals surface area contributed by atoms with Crippen LogP contribution < -0.4 is 5.32 Å². The first-order chi connectivity index (χ1) is 7.18. The minimum Gasteiger partial charge on any atom is -0.480 e. The fraction of sp³-hybridized carbons (Fsp3) is 0.909. The average molecular weight is 213 g/mol. The van der Waals surface area contributed by atoms with Crippen LogP contribution in [0.5, 0.6) is 0 Å². The predicted molar refractivity (Wildman–Crippen MR) is 55.7 cm³/mol. The molecule has 0 aromatic rings. The first-order valence-corrected chi connectivity index (χ1v) is 5.79. The maximum atomic E-state index is 11.0. The van der Waals surface area contributed by atoms with Crippen LogP contribution in [0.2, 0.25) is 0 Å². The summed E-state index contributed by atoms with van der Waals surface area (Å²) in [5, 5.41) is 12.3. The van der Waals surface area contributed by atoms with Crippen molar-refractivity contribution in [1.29, 1.82) is 0 Å². The highest BCUT2D eigenvalue weighted by molar-refractivity contribution is 5.74. The molecule has 0 aromatic heterocycles. The average Bonchev–Trinajstić information content (AvgIpc) is 2.87. The van der Waals surface area contributed by atoms with Gasteiger partial charge in [0.05, 0.1) is 6.10 Å². The molecule has 0 aromatic carbocycles. The molecule has 3 unspecified atom stereocenters. The molecule has 4 nitrogen and oxygen atoms in total. The number of aliphatic carboxylic acids is 1. The highest BCUT2D eigenvalue weighted by Crippen LogP contribution is 2.33. The largest absolute Gasteiger partial charge is 0.480 e. The molecule has 2 aliphatic rings. The zero-order valence-corrected chi connectivity index (χ0v) is 9.11. The van der Waals surface area contributed by atoms with E-state index in [1.807, 2.05) is 6.92 Å². The van der Waals surface area contributed by atoms with Crippen molar-refractivity contribution in [3.05, 3.63) is 0 Å². The van der Waals surface area contributed by atoms with Gasteiger partial charge in [-0.05, 0) is 38.5 Å². The fourth-order valence-corrected chi connectivity index (χ4v) is 2.23. The summed E-state index contributed by atoms with van der Waals surface area (Å²) in [6, 6.07) is -0.224. The van der Waals surface area contributed by atoms with E-state index in [1.165, 1.54) is 0 Å². The molecular formula is C11H19NO3. The van der Waals surface area contributed by atoms with Gasteiger partial charge in [0.1, 0.15) is 6.04 Å². The number of carbonyl (C=O) groups is 1. The minimum absolute atomic E-state index is 0.147. The van der Waals surface area contributed by atoms with Crippen molar-refractivity contribution < 1.29 is 14.6 Å². The Kier molecular flexibility index (Phi) is 3.26. The van der Waals surface area contributed by atoms with E-state index in [-0.39, 0.29) is 18.2 Å². The van der Waals surface area contributed by atoms with Gasteiger partial charge < -0.3 is 9.84 Å². The van der Waals surface area contributed by atoms with Crippen LogP contribution in [0.25, 0.3) is 0 Å². The van der Waals surface area contributed by atoms with Gasteiger partial charge in [-0.15, -0.1) is 0 Å². The van der Waals surface area contributed by atoms with Crippen LogP contribution in [0, 0.1) is 5.92 Å². The van der Waals surface area contributed by atoms with Crippen molar-refractivity contribution in [3.8, 4) is 0 Å². The first kappa shape index (κ1) is 10.9. The second-order valence-electron chi connectivity index (χ2n) is 4.66. The summed E-state index contributed by atoms with van der Waals surface area (Å²) in [4.78, 5) is 11.0. The van der Waals surface area contributed by atoms with E-state index >= 15 is 0 Å². The molecule has 2 rings (SSSR count). The topological polar surface area (TPSA) is 58.6 Å². The Bertz CT molecular complexity index is 234. The fourth-order valence-electron chi connectivity index (χ4n) is 2.23. The zero-order chi connectivity index (χ0) is 10.8. The Morgan fingerprint density at radius 2 is 2.20 bits per heavy atom. The Morgan fingerprint density at radius 1 is 1.47 bits per heavy atom. The molecular weight excluding hydrogens is 194 g/mol. The molecule has 3 atom stereocenters. The maximum absolute atomic E-state index is 11.0. The summed E-state index contributed by atoms with van der Waals surface area (Å²) >= 11 is 0. The first-order valence-electron chi connectivity index (χ1n) is 5.79. The molecule has 2 fully saturated rings. The van der Waals surface area contributed by atoms with Crippen LogP contribution in [0.1, 0.15) is 32.6 Å². The van der Waals surface area contributed by atoms with Gasteiger partial charge in [-0.2, -0.15) is 0 Å². The van der Waals surface area contributed by atoms with Gasteiger partial charge in [-0.25, -0.2) is 0 Å². The molecule has 0 bridgehead atoms. The summed E-state index contributed by atoms with van der Waals surface area (Å²) in [6.45, 7) is 2.84. The van der Waals surface area contributed by atoms with E-state index in [4.69, 9.17) is 9.84 Å². The van der Waals surface area contributed by atoms with E-state index in [0.29, 0.717) is 5.92 Å². The third-order valence-corrected chi connectivity index (χ3v) is 3.32. The number of ether oxygens (including phenoxy) is 1. The lowest BCUT2D eigenvalue weighted by atomic mass is 10.1. The number of rotatable bonds is 5. The van der Waals surface area contributed by atoms with Crippen molar-refractivity contribution in [2.45, 2.75) is 50.8 Å². The molecule has 1 heterocycles. The van der Waals surface area contributed by atoms with Crippen LogP contribution in [-0.2, 0) is 9.53 Å². The predicted octanol–water partition coefficient (Wildman–Crippen LogP) is 1.01. The molecule has 1 saturated carbocycles. The van der Waals surface area contributed by atoms with E-state index < -0.39 is 5.97 Å². The van der Waals surface area contributed by atoms with E-state index in [0.717, 1.165) is 32.3 Å². The summed E-state index contributed by atoms with van der Waals surface area (Å²) in [5.74, 6) is -0.381. The Balaban J connectivity index is 1.84. The molecule has 2 N–H and O–H groups in total. The number of nitrogens with one attached hydrogen (secondary N) is 1. The molecule has 4 heteroatoms. The molecule has 1 saturated heterocycles. The summed E-state index contributed by atoms with van der Waals surface area (Å²) < 4.78 is 5.54. The molecule has 1 aliphatic heterocycles. The van der Waals surface area contributed by atoms with Crippen molar-refractivity contribution in [1.82, 2.24) is 5.32 Å². The monoisotopic (exact) mass is 213 g/mol. The van der Waals surface area contributed by atoms with Crippen molar-refractivity contribution >= 4 is 5.97 Å². The van der Waals surface area contributed by atoms with Crippen molar-refractivity contribution in [3.63, 3.8) is 0 Å². The third-order valence-electron chi connectivity index (χ3n) is 3.32. The van der Waals surface area contributed by atoms with Gasteiger partial charge >= 0.3 is 5.97 Å².